The van der Waals surface area contributed by atoms with Crippen molar-refractivity contribution in [2.24, 2.45) is 0 Å². The molecule has 0 amide bonds. The van der Waals surface area contributed by atoms with Gasteiger partial charge in [0, 0.05) is 22.9 Å². The molecule has 0 radical (unpaired) electrons. The zero-order valence-electron chi connectivity index (χ0n) is 14.6. The number of hydrogen-bond donors (Lipinski definition) is 0. The van der Waals surface area contributed by atoms with Crippen LogP contribution in [0, 0.1) is 11.3 Å². The van der Waals surface area contributed by atoms with Crippen molar-refractivity contribution in [3.05, 3.63) is 64.0 Å². The van der Waals surface area contributed by atoms with E-state index in [1.165, 1.54) is 11.3 Å². The zero-order chi connectivity index (χ0) is 18.8. The van der Waals surface area contributed by atoms with Crippen molar-refractivity contribution in [3.8, 4) is 28.8 Å². The average Bonchev–Trinajstić information content (AvgIpc) is 3.37. The highest BCUT2D eigenvalue weighted by molar-refractivity contribution is 7.10. The summed E-state index contributed by atoms with van der Waals surface area (Å²) in [6, 6.07) is 15.0. The van der Waals surface area contributed by atoms with Gasteiger partial charge in [0.15, 0.2) is 11.7 Å². The summed E-state index contributed by atoms with van der Waals surface area (Å²) in [5.41, 5.74) is 3.19. The van der Waals surface area contributed by atoms with E-state index in [0.717, 1.165) is 34.7 Å². The number of rotatable bonds is 5. The summed E-state index contributed by atoms with van der Waals surface area (Å²) in [4.78, 5) is 17.4. The van der Waals surface area contributed by atoms with Crippen LogP contribution >= 0.6 is 11.3 Å². The highest BCUT2D eigenvalue weighted by Gasteiger charge is 2.26. The summed E-state index contributed by atoms with van der Waals surface area (Å²) < 4.78 is 10.6. The van der Waals surface area contributed by atoms with Crippen LogP contribution in [0.5, 0.6) is 11.5 Å². The quantitative estimate of drug-likeness (QED) is 0.623. The van der Waals surface area contributed by atoms with Crippen LogP contribution < -0.4 is 9.47 Å². The van der Waals surface area contributed by atoms with Gasteiger partial charge in [-0.15, -0.1) is 11.3 Å². The van der Waals surface area contributed by atoms with Crippen molar-refractivity contribution in [2.75, 3.05) is 13.7 Å². The van der Waals surface area contributed by atoms with Crippen LogP contribution in [0.2, 0.25) is 0 Å². The molecule has 1 unspecified atom stereocenters. The van der Waals surface area contributed by atoms with Gasteiger partial charge < -0.3 is 9.47 Å². The molecule has 2 aromatic carbocycles. The van der Waals surface area contributed by atoms with E-state index in [2.05, 4.69) is 11.1 Å². The minimum Gasteiger partial charge on any atom is -0.497 e. The fourth-order valence-electron chi connectivity index (χ4n) is 3.05. The fourth-order valence-corrected chi connectivity index (χ4v) is 3.92. The molecular formula is C21H16N2O3S. The number of benzene rings is 2. The molecule has 4 rings (SSSR count). The predicted molar refractivity (Wildman–Crippen MR) is 102 cm³/mol. The summed E-state index contributed by atoms with van der Waals surface area (Å²) in [7, 11) is 1.62. The smallest absolute Gasteiger partial charge is 0.186 e. The minimum absolute atomic E-state index is 0.233. The molecule has 1 atom stereocenters. The SMILES string of the molecule is COc1ccc(-c2csc(C(C#N)C(=O)c3ccc4c(c3)CCO4)n2)cc1. The largest absolute Gasteiger partial charge is 0.497 e. The van der Waals surface area contributed by atoms with Crippen LogP contribution in [0.15, 0.2) is 47.8 Å². The molecule has 0 saturated carbocycles. The third kappa shape index (κ3) is 3.29. The van der Waals surface area contributed by atoms with Crippen molar-refractivity contribution >= 4 is 17.1 Å². The van der Waals surface area contributed by atoms with Gasteiger partial charge in [-0.2, -0.15) is 5.26 Å². The molecule has 0 fully saturated rings. The normalized spacial score (nSPS) is 13.3. The van der Waals surface area contributed by atoms with Gasteiger partial charge in [0.1, 0.15) is 16.5 Å². The summed E-state index contributed by atoms with van der Waals surface area (Å²) in [5.74, 6) is 0.432. The second-order valence-corrected chi connectivity index (χ2v) is 7.04. The van der Waals surface area contributed by atoms with E-state index in [1.54, 1.807) is 19.2 Å². The lowest BCUT2D eigenvalue weighted by atomic mass is 9.97. The van der Waals surface area contributed by atoms with Crippen LogP contribution in [0.1, 0.15) is 26.8 Å². The van der Waals surface area contributed by atoms with Gasteiger partial charge >= 0.3 is 0 Å². The Balaban J connectivity index is 1.60. The molecule has 1 aliphatic heterocycles. The zero-order valence-corrected chi connectivity index (χ0v) is 15.5. The van der Waals surface area contributed by atoms with Crippen molar-refractivity contribution in [1.29, 1.82) is 5.26 Å². The molecule has 3 aromatic rings. The Morgan fingerprint density at radius 1 is 1.30 bits per heavy atom. The first kappa shape index (κ1) is 17.3. The maximum atomic E-state index is 12.9. The second-order valence-electron chi connectivity index (χ2n) is 6.15. The number of fused-ring (bicyclic) bond motifs is 1. The number of hydrogen-bond acceptors (Lipinski definition) is 6. The number of ketones is 1. The molecule has 2 heterocycles. The van der Waals surface area contributed by atoms with Crippen LogP contribution in [0.3, 0.4) is 0 Å². The van der Waals surface area contributed by atoms with Gasteiger partial charge in [-0.3, -0.25) is 4.79 Å². The van der Waals surface area contributed by atoms with Crippen molar-refractivity contribution < 1.29 is 14.3 Å². The van der Waals surface area contributed by atoms with Gasteiger partial charge in [0.2, 0.25) is 0 Å². The molecule has 0 bridgehead atoms. The molecule has 6 heteroatoms. The van der Waals surface area contributed by atoms with Gasteiger partial charge in [0.05, 0.1) is 25.5 Å². The first-order chi connectivity index (χ1) is 13.2. The second kappa shape index (κ2) is 7.22. The third-order valence-corrected chi connectivity index (χ3v) is 5.43. The van der Waals surface area contributed by atoms with E-state index in [-0.39, 0.29) is 5.78 Å². The third-order valence-electron chi connectivity index (χ3n) is 4.52. The monoisotopic (exact) mass is 376 g/mol. The number of ether oxygens (including phenoxy) is 2. The Morgan fingerprint density at radius 2 is 2.11 bits per heavy atom. The predicted octanol–water partition coefficient (Wildman–Crippen LogP) is 4.24. The lowest BCUT2D eigenvalue weighted by Gasteiger charge is -2.07. The number of carbonyl (C=O) groups is 1. The Hall–Kier alpha value is -3.17. The number of nitriles is 1. The molecule has 0 N–H and O–H groups in total. The number of carbonyl (C=O) groups excluding carboxylic acids is 1. The van der Waals surface area contributed by atoms with Crippen molar-refractivity contribution in [2.45, 2.75) is 12.3 Å². The van der Waals surface area contributed by atoms with E-state index in [9.17, 15) is 10.1 Å². The lowest BCUT2D eigenvalue weighted by Crippen LogP contribution is -2.11. The minimum atomic E-state index is -0.914. The molecular weight excluding hydrogens is 360 g/mol. The number of aromatic nitrogens is 1. The van der Waals surface area contributed by atoms with Crippen LogP contribution in [0.4, 0.5) is 0 Å². The highest BCUT2D eigenvalue weighted by atomic mass is 32.1. The summed E-state index contributed by atoms with van der Waals surface area (Å²) >= 11 is 1.33. The molecule has 1 aromatic heterocycles. The lowest BCUT2D eigenvalue weighted by molar-refractivity contribution is 0.0978. The van der Waals surface area contributed by atoms with Crippen molar-refractivity contribution in [3.63, 3.8) is 0 Å². The van der Waals surface area contributed by atoms with E-state index in [4.69, 9.17) is 9.47 Å². The summed E-state index contributed by atoms with van der Waals surface area (Å²) in [6.45, 7) is 0.631. The maximum Gasteiger partial charge on any atom is 0.186 e. The maximum absolute atomic E-state index is 12.9. The number of Topliss-reactive ketones (excluding diaryl/α,β-unsaturated/α-hetero) is 1. The Kier molecular flexibility index (Phi) is 4.61. The number of nitrogens with zero attached hydrogens (tertiary/aromatic N) is 2. The van der Waals surface area contributed by atoms with Gasteiger partial charge in [-0.05, 0) is 48.0 Å². The van der Waals surface area contributed by atoms with E-state index >= 15 is 0 Å². The van der Waals surface area contributed by atoms with E-state index in [1.807, 2.05) is 35.7 Å². The molecule has 134 valence electrons. The average molecular weight is 376 g/mol. The molecule has 0 saturated heterocycles. The Bertz CT molecular complexity index is 1030. The van der Waals surface area contributed by atoms with E-state index < -0.39 is 5.92 Å². The molecule has 1 aliphatic rings. The molecule has 0 spiro atoms. The van der Waals surface area contributed by atoms with Crippen LogP contribution in [0.25, 0.3) is 11.3 Å². The Labute approximate surface area is 160 Å². The van der Waals surface area contributed by atoms with Gasteiger partial charge in [0.25, 0.3) is 0 Å². The first-order valence-electron chi connectivity index (χ1n) is 8.49. The van der Waals surface area contributed by atoms with Gasteiger partial charge in [-0.25, -0.2) is 4.98 Å². The number of methoxy groups -OCH3 is 1. The standard InChI is InChI=1S/C21H16N2O3S/c1-25-16-5-2-13(3-6-16)18-12-27-21(23-18)17(11-22)20(24)15-4-7-19-14(10-15)8-9-26-19/h2-7,10,12,17H,8-9H2,1H3. The molecule has 0 aliphatic carbocycles. The molecule has 5 nitrogen and oxygen atoms in total. The Morgan fingerprint density at radius 3 is 2.85 bits per heavy atom. The van der Waals surface area contributed by atoms with E-state index in [0.29, 0.717) is 17.2 Å². The van der Waals surface area contributed by atoms with Crippen LogP contribution in [-0.2, 0) is 6.42 Å². The van der Waals surface area contributed by atoms with Crippen LogP contribution in [-0.4, -0.2) is 24.5 Å². The number of thiazole rings is 1. The first-order valence-corrected chi connectivity index (χ1v) is 9.37. The van der Waals surface area contributed by atoms with Gasteiger partial charge in [-0.1, -0.05) is 0 Å². The fraction of sp³-hybridized carbons (Fsp3) is 0.190. The topological polar surface area (TPSA) is 72.2 Å². The summed E-state index contributed by atoms with van der Waals surface area (Å²) in [5, 5.41) is 12.0. The highest BCUT2D eigenvalue weighted by Crippen LogP contribution is 2.31. The van der Waals surface area contributed by atoms with Crippen molar-refractivity contribution in [1.82, 2.24) is 4.98 Å². The molecule has 27 heavy (non-hydrogen) atoms. The summed E-state index contributed by atoms with van der Waals surface area (Å²) in [6.07, 6.45) is 0.784.